The van der Waals surface area contributed by atoms with Crippen LogP contribution in [0.25, 0.3) is 16.6 Å². The number of benzene rings is 2. The molecule has 0 atom stereocenters. The Hall–Kier alpha value is -3.81. The van der Waals surface area contributed by atoms with Crippen LogP contribution in [0, 0.1) is 5.82 Å². The summed E-state index contributed by atoms with van der Waals surface area (Å²) in [6.07, 6.45) is 2.49. The maximum Gasteiger partial charge on any atom is 0.275 e. The van der Waals surface area contributed by atoms with E-state index in [4.69, 9.17) is 9.47 Å². The van der Waals surface area contributed by atoms with E-state index < -0.39 is 5.82 Å². The van der Waals surface area contributed by atoms with Crippen molar-refractivity contribution in [1.82, 2.24) is 14.3 Å². The van der Waals surface area contributed by atoms with Gasteiger partial charge in [-0.3, -0.25) is 9.59 Å². The van der Waals surface area contributed by atoms with Crippen LogP contribution >= 0.6 is 0 Å². The number of carbonyl (C=O) groups excluding carboxylic acids is 1. The summed E-state index contributed by atoms with van der Waals surface area (Å²) in [4.78, 5) is 25.2. The summed E-state index contributed by atoms with van der Waals surface area (Å²) >= 11 is 0. The van der Waals surface area contributed by atoms with E-state index in [0.717, 1.165) is 11.1 Å². The first-order valence-electron chi connectivity index (χ1n) is 10.0. The molecular formula is C23H20FN3O4. The van der Waals surface area contributed by atoms with Crippen LogP contribution in [0.1, 0.15) is 18.4 Å². The summed E-state index contributed by atoms with van der Waals surface area (Å²) in [5.41, 5.74) is 2.48. The molecule has 31 heavy (non-hydrogen) atoms. The van der Waals surface area contributed by atoms with Crippen molar-refractivity contribution in [3.05, 3.63) is 76.5 Å². The van der Waals surface area contributed by atoms with Crippen LogP contribution in [0.5, 0.6) is 11.5 Å². The number of nitrogens with zero attached hydrogens (tertiary/aromatic N) is 2. The number of hydrogen-bond donors (Lipinski definition) is 1. The van der Waals surface area contributed by atoms with Gasteiger partial charge in [-0.05, 0) is 54.4 Å². The summed E-state index contributed by atoms with van der Waals surface area (Å²) in [6.45, 7) is 0.899. The lowest BCUT2D eigenvalue weighted by atomic mass is 10.2. The van der Waals surface area contributed by atoms with Gasteiger partial charge >= 0.3 is 0 Å². The van der Waals surface area contributed by atoms with Crippen molar-refractivity contribution in [3.8, 4) is 11.5 Å². The quantitative estimate of drug-likeness (QED) is 0.519. The smallest absolute Gasteiger partial charge is 0.275 e. The zero-order valence-corrected chi connectivity index (χ0v) is 16.6. The van der Waals surface area contributed by atoms with Crippen molar-refractivity contribution in [1.29, 1.82) is 0 Å². The summed E-state index contributed by atoms with van der Waals surface area (Å²) in [7, 11) is 0. The fourth-order valence-electron chi connectivity index (χ4n) is 3.89. The molecule has 0 aliphatic carbocycles. The number of halogens is 1. The molecule has 8 heteroatoms. The minimum absolute atomic E-state index is 0.120. The molecule has 2 aromatic carbocycles. The molecule has 2 aromatic heterocycles. The zero-order chi connectivity index (χ0) is 21.4. The number of carbonyl (C=O) groups is 1. The Morgan fingerprint density at radius 3 is 2.81 bits per heavy atom. The molecule has 1 aliphatic rings. The number of hydrogen-bond acceptors (Lipinski definition) is 4. The van der Waals surface area contributed by atoms with Gasteiger partial charge in [0.15, 0.2) is 11.5 Å². The first-order chi connectivity index (χ1) is 15.1. The van der Waals surface area contributed by atoms with Crippen molar-refractivity contribution in [2.24, 2.45) is 0 Å². The molecular weight excluding hydrogens is 401 g/mol. The van der Waals surface area contributed by atoms with Crippen LogP contribution in [0.3, 0.4) is 0 Å². The Morgan fingerprint density at radius 1 is 1.03 bits per heavy atom. The van der Waals surface area contributed by atoms with Crippen LogP contribution in [-0.4, -0.2) is 21.7 Å². The average molecular weight is 421 g/mol. The molecule has 1 aliphatic heterocycles. The second-order valence-electron chi connectivity index (χ2n) is 7.42. The highest BCUT2D eigenvalue weighted by molar-refractivity contribution is 5.79. The van der Waals surface area contributed by atoms with Crippen molar-refractivity contribution < 1.29 is 18.7 Å². The summed E-state index contributed by atoms with van der Waals surface area (Å²) in [5.74, 6) is 0.841. The largest absolute Gasteiger partial charge is 0.454 e. The Balaban J connectivity index is 1.26. The lowest BCUT2D eigenvalue weighted by Crippen LogP contribution is -2.25. The Labute approximate surface area is 176 Å². The van der Waals surface area contributed by atoms with E-state index in [9.17, 15) is 14.0 Å². The minimum atomic E-state index is -0.409. The first-order valence-corrected chi connectivity index (χ1v) is 10.0. The fraction of sp³-hybridized carbons (Fsp3) is 0.217. The zero-order valence-electron chi connectivity index (χ0n) is 16.6. The normalized spacial score (nSPS) is 12.5. The summed E-state index contributed by atoms with van der Waals surface area (Å²) < 4.78 is 27.8. The molecule has 0 saturated heterocycles. The van der Waals surface area contributed by atoms with Crippen LogP contribution < -0.4 is 20.3 Å². The van der Waals surface area contributed by atoms with Gasteiger partial charge in [-0.2, -0.15) is 0 Å². The van der Waals surface area contributed by atoms with Gasteiger partial charge in [-0.1, -0.05) is 6.07 Å². The minimum Gasteiger partial charge on any atom is -0.454 e. The van der Waals surface area contributed by atoms with Crippen molar-refractivity contribution in [2.45, 2.75) is 25.9 Å². The highest BCUT2D eigenvalue weighted by atomic mass is 19.1. The molecule has 7 nitrogen and oxygen atoms in total. The number of amides is 1. The third-order valence-electron chi connectivity index (χ3n) is 5.41. The molecule has 0 radical (unpaired) electrons. The second-order valence-corrected chi connectivity index (χ2v) is 7.42. The van der Waals surface area contributed by atoms with Crippen LogP contribution in [0.15, 0.2) is 59.5 Å². The number of nitrogens with one attached hydrogen (secondary N) is 1. The molecule has 0 saturated carbocycles. The van der Waals surface area contributed by atoms with Crippen molar-refractivity contribution in [3.63, 3.8) is 0 Å². The summed E-state index contributed by atoms with van der Waals surface area (Å²) in [5, 5.41) is 2.88. The molecule has 0 spiro atoms. The van der Waals surface area contributed by atoms with Gasteiger partial charge in [-0.25, -0.2) is 4.39 Å². The molecule has 0 bridgehead atoms. The van der Waals surface area contributed by atoms with E-state index in [1.807, 2.05) is 18.2 Å². The molecule has 0 fully saturated rings. The van der Waals surface area contributed by atoms with E-state index in [1.165, 1.54) is 12.1 Å². The third-order valence-corrected chi connectivity index (χ3v) is 5.41. The topological polar surface area (TPSA) is 74.0 Å². The van der Waals surface area contributed by atoms with Gasteiger partial charge in [0.25, 0.3) is 5.56 Å². The van der Waals surface area contributed by atoms with Crippen LogP contribution in [0.4, 0.5) is 4.39 Å². The van der Waals surface area contributed by atoms with Crippen LogP contribution in [-0.2, 0) is 17.9 Å². The monoisotopic (exact) mass is 421 g/mol. The van der Waals surface area contributed by atoms with Gasteiger partial charge in [0.1, 0.15) is 11.3 Å². The lowest BCUT2D eigenvalue weighted by molar-refractivity contribution is -0.121. The van der Waals surface area contributed by atoms with Crippen molar-refractivity contribution >= 4 is 22.5 Å². The summed E-state index contributed by atoms with van der Waals surface area (Å²) in [6, 6.07) is 13.4. The standard InChI is InChI=1S/C23H20FN3O4/c24-16-6-7-17-19(12-16)27(23(29)18-3-1-9-26(17)18)10-2-4-22(28)25-13-15-5-8-20-21(11-15)31-14-30-20/h1,3,5-9,11-12H,2,4,10,13-14H2,(H,25,28). The van der Waals surface area contributed by atoms with Gasteiger partial charge in [0, 0.05) is 25.7 Å². The molecule has 1 N–H and O–H groups in total. The van der Waals surface area contributed by atoms with Gasteiger partial charge in [-0.15, -0.1) is 0 Å². The van der Waals surface area contributed by atoms with E-state index >= 15 is 0 Å². The van der Waals surface area contributed by atoms with Crippen molar-refractivity contribution in [2.75, 3.05) is 6.79 Å². The number of aromatic nitrogens is 2. The molecule has 4 aromatic rings. The highest BCUT2D eigenvalue weighted by Gasteiger charge is 2.14. The Bertz CT molecular complexity index is 1360. The average Bonchev–Trinajstić information content (AvgIpc) is 3.43. The lowest BCUT2D eigenvalue weighted by Gasteiger charge is -2.13. The van der Waals surface area contributed by atoms with Gasteiger partial charge < -0.3 is 23.8 Å². The Kier molecular flexibility index (Phi) is 4.82. The van der Waals surface area contributed by atoms with E-state index in [-0.39, 0.29) is 24.7 Å². The Morgan fingerprint density at radius 2 is 1.90 bits per heavy atom. The molecule has 5 rings (SSSR count). The molecule has 0 unspecified atom stereocenters. The van der Waals surface area contributed by atoms with Gasteiger partial charge in [0.2, 0.25) is 12.7 Å². The maximum absolute atomic E-state index is 13.9. The third kappa shape index (κ3) is 3.61. The predicted octanol–water partition coefficient (Wildman–Crippen LogP) is 3.22. The SMILES string of the molecule is O=C(CCCn1c(=O)c2cccn2c2ccc(F)cc21)NCc1ccc2c(c1)OCO2. The molecule has 1 amide bonds. The first kappa shape index (κ1) is 19.2. The van der Waals surface area contributed by atoms with Gasteiger partial charge in [0.05, 0.1) is 11.0 Å². The second kappa shape index (κ2) is 7.79. The fourth-order valence-corrected chi connectivity index (χ4v) is 3.89. The predicted molar refractivity (Wildman–Crippen MR) is 113 cm³/mol. The van der Waals surface area contributed by atoms with E-state index in [1.54, 1.807) is 33.4 Å². The number of fused-ring (bicyclic) bond motifs is 4. The van der Waals surface area contributed by atoms with E-state index in [0.29, 0.717) is 42.0 Å². The number of ether oxygens (including phenoxy) is 2. The van der Waals surface area contributed by atoms with Crippen LogP contribution in [0.2, 0.25) is 0 Å². The van der Waals surface area contributed by atoms with E-state index in [2.05, 4.69) is 5.32 Å². The number of aryl methyl sites for hydroxylation is 1. The maximum atomic E-state index is 13.9. The molecule has 3 heterocycles. The molecule has 158 valence electrons. The number of rotatable bonds is 6. The highest BCUT2D eigenvalue weighted by Crippen LogP contribution is 2.32.